The zero-order valence-electron chi connectivity index (χ0n) is 11.7. The highest BCUT2D eigenvalue weighted by Gasteiger charge is 2.70. The van der Waals surface area contributed by atoms with E-state index in [0.29, 0.717) is 12.8 Å². The Morgan fingerprint density at radius 2 is 1.90 bits per heavy atom. The topological polar surface area (TPSA) is 94.8 Å². The SMILES string of the molecule is CC1(C)C2CC3(C(C(=O)O)CC[C@@H]13)[C@@H](O)C=C2C(=O)O. The highest BCUT2D eigenvalue weighted by Crippen LogP contribution is 2.71. The van der Waals surface area contributed by atoms with Crippen molar-refractivity contribution >= 4 is 11.9 Å². The van der Waals surface area contributed by atoms with Crippen LogP contribution in [0.5, 0.6) is 0 Å². The smallest absolute Gasteiger partial charge is 0.331 e. The molecule has 0 amide bonds. The van der Waals surface area contributed by atoms with Crippen LogP contribution in [-0.4, -0.2) is 33.4 Å². The number of aliphatic hydroxyl groups is 1. The van der Waals surface area contributed by atoms with E-state index in [1.165, 1.54) is 6.08 Å². The third-order valence-electron chi connectivity index (χ3n) is 6.20. The maximum Gasteiger partial charge on any atom is 0.331 e. The van der Waals surface area contributed by atoms with E-state index >= 15 is 0 Å². The zero-order chi connectivity index (χ0) is 14.9. The van der Waals surface area contributed by atoms with E-state index in [1.807, 2.05) is 13.8 Å². The van der Waals surface area contributed by atoms with E-state index < -0.39 is 29.4 Å². The number of hydrogen-bond acceptors (Lipinski definition) is 3. The van der Waals surface area contributed by atoms with Crippen LogP contribution in [0, 0.1) is 28.6 Å². The number of hydrogen-bond donors (Lipinski definition) is 3. The Morgan fingerprint density at radius 3 is 2.45 bits per heavy atom. The van der Waals surface area contributed by atoms with Gasteiger partial charge in [0.2, 0.25) is 0 Å². The molecule has 110 valence electrons. The number of rotatable bonds is 2. The molecular formula is C15H20O5. The highest BCUT2D eigenvalue weighted by molar-refractivity contribution is 5.88. The maximum atomic E-state index is 11.6. The first-order valence-electron chi connectivity index (χ1n) is 7.08. The molecule has 2 saturated carbocycles. The molecule has 0 aromatic carbocycles. The van der Waals surface area contributed by atoms with Crippen molar-refractivity contribution in [3.8, 4) is 0 Å². The van der Waals surface area contributed by atoms with Crippen LogP contribution in [0.15, 0.2) is 11.6 Å². The predicted octanol–water partition coefficient (Wildman–Crippen LogP) is 1.52. The van der Waals surface area contributed by atoms with E-state index in [4.69, 9.17) is 0 Å². The molecule has 2 fully saturated rings. The lowest BCUT2D eigenvalue weighted by Crippen LogP contribution is -2.45. The van der Waals surface area contributed by atoms with E-state index in [-0.39, 0.29) is 22.8 Å². The summed E-state index contributed by atoms with van der Waals surface area (Å²) in [6, 6.07) is 0. The molecule has 0 heterocycles. The van der Waals surface area contributed by atoms with E-state index in [0.717, 1.165) is 6.42 Å². The fourth-order valence-corrected chi connectivity index (χ4v) is 5.38. The number of carboxylic acid groups (broad SMARTS) is 2. The molecular weight excluding hydrogens is 260 g/mol. The molecule has 3 aliphatic carbocycles. The number of carboxylic acids is 2. The van der Waals surface area contributed by atoms with Crippen molar-refractivity contribution in [1.82, 2.24) is 0 Å². The summed E-state index contributed by atoms with van der Waals surface area (Å²) in [5.41, 5.74) is -0.711. The second-order valence-electron chi connectivity index (χ2n) is 7.08. The Kier molecular flexibility index (Phi) is 2.62. The second-order valence-corrected chi connectivity index (χ2v) is 7.08. The van der Waals surface area contributed by atoms with Gasteiger partial charge in [-0.1, -0.05) is 13.8 Å². The van der Waals surface area contributed by atoms with Gasteiger partial charge in [-0.25, -0.2) is 4.79 Å². The van der Waals surface area contributed by atoms with Crippen molar-refractivity contribution < 1.29 is 24.9 Å². The lowest BCUT2D eigenvalue weighted by Gasteiger charge is -2.40. The summed E-state index contributed by atoms with van der Waals surface area (Å²) in [6.07, 6.45) is 2.22. The summed E-state index contributed by atoms with van der Waals surface area (Å²) in [5, 5.41) is 29.4. The van der Waals surface area contributed by atoms with Gasteiger partial charge >= 0.3 is 11.9 Å². The molecule has 20 heavy (non-hydrogen) atoms. The van der Waals surface area contributed by atoms with Crippen LogP contribution in [0.2, 0.25) is 0 Å². The molecule has 2 bridgehead atoms. The maximum absolute atomic E-state index is 11.6. The van der Waals surface area contributed by atoms with Crippen molar-refractivity contribution in [3.63, 3.8) is 0 Å². The lowest BCUT2D eigenvalue weighted by atomic mass is 9.65. The van der Waals surface area contributed by atoms with Crippen LogP contribution in [0.4, 0.5) is 0 Å². The quantitative estimate of drug-likeness (QED) is 0.712. The molecule has 5 heteroatoms. The van der Waals surface area contributed by atoms with Crippen molar-refractivity contribution in [1.29, 1.82) is 0 Å². The van der Waals surface area contributed by atoms with Gasteiger partial charge in [-0.15, -0.1) is 0 Å². The summed E-state index contributed by atoms with van der Waals surface area (Å²) < 4.78 is 0. The molecule has 0 radical (unpaired) electrons. The Morgan fingerprint density at radius 1 is 1.25 bits per heavy atom. The minimum absolute atomic E-state index is 0.0594. The fraction of sp³-hybridized carbons (Fsp3) is 0.733. The van der Waals surface area contributed by atoms with Crippen LogP contribution >= 0.6 is 0 Å². The monoisotopic (exact) mass is 280 g/mol. The third-order valence-corrected chi connectivity index (χ3v) is 6.20. The number of aliphatic hydroxyl groups excluding tert-OH is 1. The van der Waals surface area contributed by atoms with Crippen LogP contribution in [0.25, 0.3) is 0 Å². The molecule has 0 aromatic heterocycles. The first-order chi connectivity index (χ1) is 9.22. The van der Waals surface area contributed by atoms with Gasteiger partial charge in [-0.2, -0.15) is 0 Å². The molecule has 3 aliphatic rings. The van der Waals surface area contributed by atoms with Gasteiger partial charge in [0.25, 0.3) is 0 Å². The van der Waals surface area contributed by atoms with Crippen molar-refractivity contribution in [2.24, 2.45) is 28.6 Å². The largest absolute Gasteiger partial charge is 0.481 e. The summed E-state index contributed by atoms with van der Waals surface area (Å²) in [4.78, 5) is 23.0. The molecule has 0 saturated heterocycles. The normalized spacial score (nSPS) is 44.9. The molecule has 0 aromatic rings. The van der Waals surface area contributed by atoms with Gasteiger partial charge in [-0.3, -0.25) is 4.79 Å². The molecule has 3 unspecified atom stereocenters. The summed E-state index contributed by atoms with van der Waals surface area (Å²) in [5.74, 6) is -2.54. The van der Waals surface area contributed by atoms with Crippen LogP contribution < -0.4 is 0 Å². The Balaban J connectivity index is 2.16. The molecule has 5 nitrogen and oxygen atoms in total. The predicted molar refractivity (Wildman–Crippen MR) is 69.9 cm³/mol. The van der Waals surface area contributed by atoms with E-state index in [2.05, 4.69) is 0 Å². The minimum Gasteiger partial charge on any atom is -0.481 e. The standard InChI is InChI=1S/C15H20O5/c1-14(2)9-6-15(11(16)5-7(9)12(17)18)8(13(19)20)3-4-10(14)15/h5,8-11,16H,3-4,6H2,1-2H3,(H,17,18)(H,19,20)/t8?,9?,10-,11-,15?/m0/s1. The number of aliphatic carboxylic acids is 2. The van der Waals surface area contributed by atoms with E-state index in [1.54, 1.807) is 0 Å². The summed E-state index contributed by atoms with van der Waals surface area (Å²) in [6.45, 7) is 4.03. The molecule has 3 N–H and O–H groups in total. The Bertz CT molecular complexity index is 520. The summed E-state index contributed by atoms with van der Waals surface area (Å²) >= 11 is 0. The van der Waals surface area contributed by atoms with Gasteiger partial charge < -0.3 is 15.3 Å². The van der Waals surface area contributed by atoms with Crippen LogP contribution in [0.3, 0.4) is 0 Å². The van der Waals surface area contributed by atoms with E-state index in [9.17, 15) is 24.9 Å². The van der Waals surface area contributed by atoms with Gasteiger partial charge in [0.15, 0.2) is 0 Å². The Labute approximate surface area is 117 Å². The first kappa shape index (κ1) is 13.6. The molecule has 5 atom stereocenters. The zero-order valence-corrected chi connectivity index (χ0v) is 11.7. The first-order valence-corrected chi connectivity index (χ1v) is 7.08. The van der Waals surface area contributed by atoms with Crippen molar-refractivity contribution in [2.45, 2.75) is 39.2 Å². The van der Waals surface area contributed by atoms with Gasteiger partial charge in [-0.05, 0) is 42.6 Å². The van der Waals surface area contributed by atoms with Crippen molar-refractivity contribution in [2.75, 3.05) is 0 Å². The third kappa shape index (κ3) is 1.36. The lowest BCUT2D eigenvalue weighted by molar-refractivity contribution is -0.149. The second kappa shape index (κ2) is 3.85. The van der Waals surface area contributed by atoms with Gasteiger partial charge in [0, 0.05) is 11.0 Å². The van der Waals surface area contributed by atoms with Crippen molar-refractivity contribution in [3.05, 3.63) is 11.6 Å². The fourth-order valence-electron chi connectivity index (χ4n) is 5.38. The van der Waals surface area contributed by atoms with Crippen LogP contribution in [-0.2, 0) is 9.59 Å². The number of carbonyl (C=O) groups is 2. The van der Waals surface area contributed by atoms with Gasteiger partial charge in [0.05, 0.1) is 12.0 Å². The minimum atomic E-state index is -0.996. The molecule has 1 spiro atoms. The Hall–Kier alpha value is -1.36. The number of fused-ring (bicyclic) bond motifs is 1. The van der Waals surface area contributed by atoms with Crippen LogP contribution in [0.1, 0.15) is 33.1 Å². The summed E-state index contributed by atoms with van der Waals surface area (Å²) in [7, 11) is 0. The highest BCUT2D eigenvalue weighted by atomic mass is 16.4. The molecule has 0 aliphatic heterocycles. The molecule has 3 rings (SSSR count). The average molecular weight is 280 g/mol. The van der Waals surface area contributed by atoms with Gasteiger partial charge in [0.1, 0.15) is 0 Å². The average Bonchev–Trinajstić information content (AvgIpc) is 2.79.